The maximum Gasteiger partial charge on any atom is 0.343 e. The zero-order valence-electron chi connectivity index (χ0n) is 26.3. The number of unbranched alkanes of at least 4 members (excludes halogenated alkanes) is 2. The highest BCUT2D eigenvalue weighted by molar-refractivity contribution is 5.93. The van der Waals surface area contributed by atoms with E-state index in [1.165, 1.54) is 0 Å². The Hall–Kier alpha value is -5.11. The van der Waals surface area contributed by atoms with Gasteiger partial charge in [-0.05, 0) is 79.8 Å². The lowest BCUT2D eigenvalue weighted by atomic mass is 10.0. The zero-order valence-corrected chi connectivity index (χ0v) is 26.3. The minimum absolute atomic E-state index is 0.134. The number of carboxylic acids is 1. The molecule has 0 aliphatic carbocycles. The van der Waals surface area contributed by atoms with Gasteiger partial charge in [0.1, 0.15) is 11.8 Å². The first-order chi connectivity index (χ1) is 22.4. The third kappa shape index (κ3) is 10.5. The molecule has 0 fully saturated rings. The van der Waals surface area contributed by atoms with Gasteiger partial charge in [-0.3, -0.25) is 4.79 Å². The van der Waals surface area contributed by atoms with E-state index in [1.54, 1.807) is 48.5 Å². The standard InChI is InChI=1S/C38H42N2O6/c1-2-3-6-20-36(41)40(31-16-9-5-10-17-31)27-13-28-45-32-24-21-29(22-25-32)23-26-34(37(42)43)39-33-18-11-12-19-35(33)46-38(44)30-14-7-4-8-15-30/h4-5,7-12,14-19,21-22,24-25,34,39H,2-3,6,13,20,23,26-28H2,1H3,(H,42,43). The summed E-state index contributed by atoms with van der Waals surface area (Å²) in [4.78, 5) is 39.4. The summed E-state index contributed by atoms with van der Waals surface area (Å²) >= 11 is 0. The number of amides is 1. The quantitative estimate of drug-likeness (QED) is 0.0663. The second-order valence-electron chi connectivity index (χ2n) is 11.0. The Kier molecular flexibility index (Phi) is 13.2. The van der Waals surface area contributed by atoms with Gasteiger partial charge in [-0.1, -0.05) is 80.4 Å². The molecule has 4 aromatic rings. The van der Waals surface area contributed by atoms with E-state index in [9.17, 15) is 19.5 Å². The van der Waals surface area contributed by atoms with Gasteiger partial charge < -0.3 is 24.8 Å². The fraction of sp³-hybridized carbons (Fsp3) is 0.289. The largest absolute Gasteiger partial charge is 0.494 e. The third-order valence-corrected chi connectivity index (χ3v) is 7.53. The van der Waals surface area contributed by atoms with Gasteiger partial charge in [0.15, 0.2) is 5.75 Å². The van der Waals surface area contributed by atoms with E-state index in [1.807, 2.05) is 65.6 Å². The molecule has 2 N–H and O–H groups in total. The highest BCUT2D eigenvalue weighted by Gasteiger charge is 2.20. The van der Waals surface area contributed by atoms with Crippen molar-refractivity contribution in [2.75, 3.05) is 23.4 Å². The van der Waals surface area contributed by atoms with Crippen molar-refractivity contribution in [3.8, 4) is 11.5 Å². The predicted molar refractivity (Wildman–Crippen MR) is 181 cm³/mol. The summed E-state index contributed by atoms with van der Waals surface area (Å²) in [5.41, 5.74) is 2.70. The molecule has 0 heterocycles. The van der Waals surface area contributed by atoms with Crippen LogP contribution in [0.25, 0.3) is 0 Å². The summed E-state index contributed by atoms with van der Waals surface area (Å²) < 4.78 is 11.5. The lowest BCUT2D eigenvalue weighted by molar-refractivity contribution is -0.138. The van der Waals surface area contributed by atoms with E-state index in [2.05, 4.69) is 12.2 Å². The van der Waals surface area contributed by atoms with Gasteiger partial charge in [-0.2, -0.15) is 0 Å². The van der Waals surface area contributed by atoms with Gasteiger partial charge in [-0.25, -0.2) is 9.59 Å². The van der Waals surface area contributed by atoms with Crippen molar-refractivity contribution in [2.45, 2.75) is 57.9 Å². The number of aliphatic carboxylic acids is 1. The van der Waals surface area contributed by atoms with Crippen molar-refractivity contribution in [1.29, 1.82) is 0 Å². The molecule has 8 heteroatoms. The third-order valence-electron chi connectivity index (χ3n) is 7.53. The average molecular weight is 623 g/mol. The normalized spacial score (nSPS) is 11.3. The number of hydrogen-bond acceptors (Lipinski definition) is 6. The van der Waals surface area contributed by atoms with Crippen LogP contribution in [0.3, 0.4) is 0 Å². The number of nitrogens with one attached hydrogen (secondary N) is 1. The van der Waals surface area contributed by atoms with Crippen molar-refractivity contribution in [3.63, 3.8) is 0 Å². The molecule has 0 aliphatic rings. The number of nitrogens with zero attached hydrogens (tertiary/aromatic N) is 1. The van der Waals surface area contributed by atoms with Crippen LogP contribution in [0.15, 0.2) is 109 Å². The smallest absolute Gasteiger partial charge is 0.343 e. The summed E-state index contributed by atoms with van der Waals surface area (Å²) in [6, 6.07) is 31.9. The Labute approximate surface area is 271 Å². The van der Waals surface area contributed by atoms with Crippen molar-refractivity contribution >= 4 is 29.2 Å². The van der Waals surface area contributed by atoms with Crippen molar-refractivity contribution < 1.29 is 29.0 Å². The van der Waals surface area contributed by atoms with Gasteiger partial charge in [-0.15, -0.1) is 0 Å². The number of hydrogen-bond donors (Lipinski definition) is 2. The molecule has 8 nitrogen and oxygen atoms in total. The summed E-state index contributed by atoms with van der Waals surface area (Å²) in [7, 11) is 0. The molecule has 0 radical (unpaired) electrons. The topological polar surface area (TPSA) is 105 Å². The van der Waals surface area contributed by atoms with Crippen molar-refractivity contribution in [3.05, 3.63) is 120 Å². The lowest BCUT2D eigenvalue weighted by Gasteiger charge is -2.23. The maximum atomic E-state index is 12.9. The van der Waals surface area contributed by atoms with Gasteiger partial charge >= 0.3 is 11.9 Å². The van der Waals surface area contributed by atoms with E-state index >= 15 is 0 Å². The van der Waals surface area contributed by atoms with Gasteiger partial charge in [0.05, 0.1) is 17.9 Å². The fourth-order valence-electron chi connectivity index (χ4n) is 5.00. The number of anilines is 2. The fourth-order valence-corrected chi connectivity index (χ4v) is 5.00. The number of carboxylic acid groups (broad SMARTS) is 1. The SMILES string of the molecule is CCCCCC(=O)N(CCCOc1ccc(CCC(Nc2ccccc2OC(=O)c2ccccc2)C(=O)O)cc1)c1ccccc1. The van der Waals surface area contributed by atoms with Crippen LogP contribution in [0.5, 0.6) is 11.5 Å². The number of rotatable bonds is 18. The van der Waals surface area contributed by atoms with Gasteiger partial charge in [0, 0.05) is 18.7 Å². The Bertz CT molecular complexity index is 1530. The van der Waals surface area contributed by atoms with Crippen LogP contribution >= 0.6 is 0 Å². The first-order valence-electron chi connectivity index (χ1n) is 15.9. The summed E-state index contributed by atoms with van der Waals surface area (Å²) in [6.45, 7) is 3.17. The van der Waals surface area contributed by atoms with Gasteiger partial charge in [0.2, 0.25) is 5.91 Å². The molecule has 1 atom stereocenters. The molecule has 240 valence electrons. The molecule has 4 rings (SSSR count). The summed E-state index contributed by atoms with van der Waals surface area (Å²) in [6.07, 6.45) is 5.07. The second kappa shape index (κ2) is 18.0. The first kappa shape index (κ1) is 33.8. The summed E-state index contributed by atoms with van der Waals surface area (Å²) in [5, 5.41) is 12.9. The molecule has 0 aliphatic heterocycles. The van der Waals surface area contributed by atoms with Gasteiger partial charge in [0.25, 0.3) is 0 Å². The molecular weight excluding hydrogens is 580 g/mol. The van der Waals surface area contributed by atoms with Crippen LogP contribution in [0, 0.1) is 0 Å². The molecule has 1 unspecified atom stereocenters. The van der Waals surface area contributed by atoms with Crippen LogP contribution in [0.4, 0.5) is 11.4 Å². The van der Waals surface area contributed by atoms with Crippen LogP contribution in [0.2, 0.25) is 0 Å². The molecule has 0 bridgehead atoms. The average Bonchev–Trinajstić information content (AvgIpc) is 3.08. The Morgan fingerprint density at radius 1 is 0.804 bits per heavy atom. The number of esters is 1. The lowest BCUT2D eigenvalue weighted by Crippen LogP contribution is -2.32. The minimum atomic E-state index is -1.00. The molecule has 0 aromatic heterocycles. The predicted octanol–water partition coefficient (Wildman–Crippen LogP) is 7.79. The monoisotopic (exact) mass is 622 g/mol. The molecule has 46 heavy (non-hydrogen) atoms. The van der Waals surface area contributed by atoms with Crippen LogP contribution < -0.4 is 19.7 Å². The van der Waals surface area contributed by atoms with E-state index in [4.69, 9.17) is 9.47 Å². The zero-order chi connectivity index (χ0) is 32.6. The molecule has 0 saturated heterocycles. The number of aryl methyl sites for hydroxylation is 1. The Balaban J connectivity index is 1.27. The molecule has 0 spiro atoms. The molecule has 0 saturated carbocycles. The number of carbonyl (C=O) groups excluding carboxylic acids is 2. The van der Waals surface area contributed by atoms with Crippen LogP contribution in [0.1, 0.15) is 61.4 Å². The first-order valence-corrected chi connectivity index (χ1v) is 15.9. The van der Waals surface area contributed by atoms with E-state index in [0.717, 1.165) is 30.5 Å². The van der Waals surface area contributed by atoms with E-state index in [0.29, 0.717) is 55.8 Å². The molecule has 4 aromatic carbocycles. The van der Waals surface area contributed by atoms with Crippen molar-refractivity contribution in [1.82, 2.24) is 0 Å². The highest BCUT2D eigenvalue weighted by Crippen LogP contribution is 2.27. The molecule has 1 amide bonds. The van der Waals surface area contributed by atoms with Crippen LogP contribution in [-0.2, 0) is 16.0 Å². The number of benzene rings is 4. The number of carbonyl (C=O) groups is 3. The number of ether oxygens (including phenoxy) is 2. The van der Waals surface area contributed by atoms with Crippen molar-refractivity contribution in [2.24, 2.45) is 0 Å². The number of para-hydroxylation sites is 3. The Morgan fingerprint density at radius 3 is 2.17 bits per heavy atom. The molecular formula is C38H42N2O6. The van der Waals surface area contributed by atoms with E-state index < -0.39 is 18.0 Å². The summed E-state index contributed by atoms with van der Waals surface area (Å²) in [5.74, 6) is -0.413. The Morgan fingerprint density at radius 2 is 1.48 bits per heavy atom. The maximum absolute atomic E-state index is 12.9. The van der Waals surface area contributed by atoms with E-state index in [-0.39, 0.29) is 11.7 Å². The minimum Gasteiger partial charge on any atom is -0.494 e. The van der Waals surface area contributed by atoms with Crippen LogP contribution in [-0.4, -0.2) is 42.1 Å². The second-order valence-corrected chi connectivity index (χ2v) is 11.0. The highest BCUT2D eigenvalue weighted by atomic mass is 16.5.